The molecule has 1 aromatic carbocycles. The number of hydrogen-bond acceptors (Lipinski definition) is 4. The molecule has 0 saturated heterocycles. The normalized spacial score (nSPS) is 10.9. The van der Waals surface area contributed by atoms with E-state index in [0.717, 1.165) is 6.42 Å². The highest BCUT2D eigenvalue weighted by molar-refractivity contribution is 5.99. The van der Waals surface area contributed by atoms with E-state index in [2.05, 4.69) is 0 Å². The number of primary amides is 1. The predicted octanol–water partition coefficient (Wildman–Crippen LogP) is 1.11. The number of ether oxygens (including phenoxy) is 1. The zero-order chi connectivity index (χ0) is 15.4. The molecule has 4 N–H and O–H groups in total. The molecule has 6 heteroatoms. The highest BCUT2D eigenvalue weighted by atomic mass is 16.5. The number of hydrogen-bond donors (Lipinski definition) is 2. The van der Waals surface area contributed by atoms with Crippen LogP contribution in [0, 0.1) is 0 Å². The van der Waals surface area contributed by atoms with Gasteiger partial charge in [0.15, 0.2) is 0 Å². The number of nitrogens with two attached hydrogens (primary N) is 2. The minimum atomic E-state index is -0.747. The summed E-state index contributed by atoms with van der Waals surface area (Å²) in [5.74, 6) is -0.747. The smallest absolute Gasteiger partial charge is 0.254 e. The average Bonchev–Trinajstić information content (AvgIpc) is 2.45. The first-order valence-electron chi connectivity index (χ1n) is 6.85. The van der Waals surface area contributed by atoms with Crippen molar-refractivity contribution >= 4 is 22.5 Å². The van der Waals surface area contributed by atoms with Gasteiger partial charge in [-0.25, -0.2) is 0 Å². The Morgan fingerprint density at radius 3 is 2.81 bits per heavy atom. The molecule has 0 atom stereocenters. The summed E-state index contributed by atoms with van der Waals surface area (Å²) < 4.78 is 7.13. The van der Waals surface area contributed by atoms with Gasteiger partial charge in [0.2, 0.25) is 5.43 Å². The van der Waals surface area contributed by atoms with Gasteiger partial charge in [-0.05, 0) is 25.5 Å². The van der Waals surface area contributed by atoms with Crippen molar-refractivity contribution in [3.63, 3.8) is 0 Å². The number of carbonyl (C=O) groups is 1. The van der Waals surface area contributed by atoms with Crippen LogP contribution in [-0.4, -0.2) is 23.7 Å². The van der Waals surface area contributed by atoms with Gasteiger partial charge >= 0.3 is 0 Å². The lowest BCUT2D eigenvalue weighted by Gasteiger charge is -2.13. The zero-order valence-corrected chi connectivity index (χ0v) is 12.0. The van der Waals surface area contributed by atoms with Crippen LogP contribution in [0.15, 0.2) is 29.2 Å². The second kappa shape index (κ2) is 6.41. The van der Waals surface area contributed by atoms with Gasteiger partial charge < -0.3 is 20.8 Å². The van der Waals surface area contributed by atoms with E-state index in [-0.39, 0.29) is 5.56 Å². The van der Waals surface area contributed by atoms with Gasteiger partial charge in [-0.15, -0.1) is 0 Å². The lowest BCUT2D eigenvalue weighted by Crippen LogP contribution is -2.25. The Morgan fingerprint density at radius 2 is 2.14 bits per heavy atom. The van der Waals surface area contributed by atoms with Crippen LogP contribution >= 0.6 is 0 Å². The Morgan fingerprint density at radius 1 is 1.38 bits per heavy atom. The number of benzene rings is 1. The van der Waals surface area contributed by atoms with Gasteiger partial charge in [0.1, 0.15) is 5.56 Å². The predicted molar refractivity (Wildman–Crippen MR) is 82.2 cm³/mol. The molecule has 21 heavy (non-hydrogen) atoms. The third-order valence-corrected chi connectivity index (χ3v) is 3.30. The molecule has 1 amide bonds. The highest BCUT2D eigenvalue weighted by Gasteiger charge is 2.14. The highest BCUT2D eigenvalue weighted by Crippen LogP contribution is 2.18. The van der Waals surface area contributed by atoms with E-state index in [4.69, 9.17) is 16.2 Å². The Hall–Kier alpha value is -2.34. The standard InChI is InChI=1S/C15H19N3O3/c1-2-21-8-4-7-18-9-10(15(17)20)14(19)13-11(16)5-3-6-12(13)18/h3,5-6,9H,2,4,7-8,16H2,1H3,(H2,17,20). The number of rotatable bonds is 6. The Labute approximate surface area is 122 Å². The van der Waals surface area contributed by atoms with Gasteiger partial charge in [-0.2, -0.15) is 0 Å². The number of pyridine rings is 1. The number of nitrogen functional groups attached to an aromatic ring is 1. The largest absolute Gasteiger partial charge is 0.398 e. The summed E-state index contributed by atoms with van der Waals surface area (Å²) >= 11 is 0. The quantitative estimate of drug-likeness (QED) is 0.614. The molecule has 2 aromatic rings. The average molecular weight is 289 g/mol. The Bertz CT molecular complexity index is 722. The van der Waals surface area contributed by atoms with E-state index < -0.39 is 11.3 Å². The number of aromatic nitrogens is 1. The lowest BCUT2D eigenvalue weighted by molar-refractivity contribution is 0.0998. The molecule has 0 radical (unpaired) electrons. The summed E-state index contributed by atoms with van der Waals surface area (Å²) in [6.45, 7) is 3.81. The molecule has 0 unspecified atom stereocenters. The second-order valence-electron chi connectivity index (χ2n) is 4.72. The van der Waals surface area contributed by atoms with Crippen LogP contribution in [0.25, 0.3) is 10.9 Å². The van der Waals surface area contributed by atoms with Crippen molar-refractivity contribution < 1.29 is 9.53 Å². The number of carbonyl (C=O) groups excluding carboxylic acids is 1. The molecule has 0 aliphatic heterocycles. The maximum atomic E-state index is 12.3. The number of aryl methyl sites for hydroxylation is 1. The van der Waals surface area contributed by atoms with Crippen molar-refractivity contribution in [3.05, 3.63) is 40.2 Å². The number of amides is 1. The van der Waals surface area contributed by atoms with Gasteiger partial charge in [-0.3, -0.25) is 9.59 Å². The van der Waals surface area contributed by atoms with Crippen LogP contribution in [0.1, 0.15) is 23.7 Å². The molecular weight excluding hydrogens is 270 g/mol. The second-order valence-corrected chi connectivity index (χ2v) is 4.72. The van der Waals surface area contributed by atoms with Crippen molar-refractivity contribution in [3.8, 4) is 0 Å². The summed E-state index contributed by atoms with van der Waals surface area (Å²) in [5, 5.41) is 0.338. The fraction of sp³-hybridized carbons (Fsp3) is 0.333. The third kappa shape index (κ3) is 3.05. The minimum Gasteiger partial charge on any atom is -0.398 e. The molecule has 0 fully saturated rings. The van der Waals surface area contributed by atoms with Crippen LogP contribution in [0.4, 0.5) is 5.69 Å². The zero-order valence-electron chi connectivity index (χ0n) is 12.0. The number of fused-ring (bicyclic) bond motifs is 1. The van der Waals surface area contributed by atoms with Gasteiger partial charge in [0.25, 0.3) is 5.91 Å². The summed E-state index contributed by atoms with van der Waals surface area (Å²) in [5.41, 5.74) is 11.7. The molecule has 112 valence electrons. The fourth-order valence-electron chi connectivity index (χ4n) is 2.30. The van der Waals surface area contributed by atoms with Crippen molar-refractivity contribution in [2.45, 2.75) is 19.9 Å². The maximum absolute atomic E-state index is 12.3. The first kappa shape index (κ1) is 15.1. The van der Waals surface area contributed by atoms with E-state index in [1.54, 1.807) is 18.2 Å². The van der Waals surface area contributed by atoms with Crippen molar-refractivity contribution in [1.29, 1.82) is 0 Å². The van der Waals surface area contributed by atoms with Crippen LogP contribution in [0.3, 0.4) is 0 Å². The number of nitrogens with zero attached hydrogens (tertiary/aromatic N) is 1. The topological polar surface area (TPSA) is 100 Å². The Kier molecular flexibility index (Phi) is 4.59. The minimum absolute atomic E-state index is 0.0446. The summed E-state index contributed by atoms with van der Waals surface area (Å²) in [7, 11) is 0. The third-order valence-electron chi connectivity index (χ3n) is 3.30. The molecule has 1 aromatic heterocycles. The summed E-state index contributed by atoms with van der Waals surface area (Å²) in [6, 6.07) is 5.22. The molecule has 2 rings (SSSR count). The fourth-order valence-corrected chi connectivity index (χ4v) is 2.30. The monoisotopic (exact) mass is 289 g/mol. The van der Waals surface area contributed by atoms with Crippen LogP contribution in [0.5, 0.6) is 0 Å². The molecular formula is C15H19N3O3. The van der Waals surface area contributed by atoms with Crippen LogP contribution < -0.4 is 16.9 Å². The van der Waals surface area contributed by atoms with Crippen molar-refractivity contribution in [2.24, 2.45) is 5.73 Å². The molecule has 0 bridgehead atoms. The molecule has 1 heterocycles. The van der Waals surface area contributed by atoms with E-state index in [1.165, 1.54) is 6.20 Å². The molecule has 0 aliphatic carbocycles. The summed E-state index contributed by atoms with van der Waals surface area (Å²) in [6.07, 6.45) is 2.26. The van der Waals surface area contributed by atoms with Crippen LogP contribution in [-0.2, 0) is 11.3 Å². The molecule has 0 spiro atoms. The first-order chi connectivity index (χ1) is 10.1. The maximum Gasteiger partial charge on any atom is 0.254 e. The van der Waals surface area contributed by atoms with Crippen molar-refractivity contribution in [1.82, 2.24) is 4.57 Å². The Balaban J connectivity index is 2.53. The van der Waals surface area contributed by atoms with Gasteiger partial charge in [-0.1, -0.05) is 6.07 Å². The molecule has 6 nitrogen and oxygen atoms in total. The molecule has 0 saturated carbocycles. The van der Waals surface area contributed by atoms with Crippen LogP contribution in [0.2, 0.25) is 0 Å². The first-order valence-corrected chi connectivity index (χ1v) is 6.85. The lowest BCUT2D eigenvalue weighted by atomic mass is 10.1. The van der Waals surface area contributed by atoms with Gasteiger partial charge in [0.05, 0.1) is 10.9 Å². The number of anilines is 1. The van der Waals surface area contributed by atoms with E-state index in [1.807, 2.05) is 11.5 Å². The molecule has 0 aliphatic rings. The van der Waals surface area contributed by atoms with E-state index in [0.29, 0.717) is 36.3 Å². The SMILES string of the molecule is CCOCCCn1cc(C(N)=O)c(=O)c2c(N)cccc21. The summed E-state index contributed by atoms with van der Waals surface area (Å²) in [4.78, 5) is 23.7. The van der Waals surface area contributed by atoms with Gasteiger partial charge in [0, 0.05) is 31.6 Å². The van der Waals surface area contributed by atoms with Crippen molar-refractivity contribution in [2.75, 3.05) is 18.9 Å². The van der Waals surface area contributed by atoms with E-state index in [9.17, 15) is 9.59 Å². The van der Waals surface area contributed by atoms with E-state index >= 15 is 0 Å².